The number of nitrogens with zero attached hydrogens (tertiary/aromatic N) is 1. The number of piperidine rings is 1. The third-order valence-corrected chi connectivity index (χ3v) is 5.36. The minimum Gasteiger partial charge on any atom is -0.496 e. The lowest BCUT2D eigenvalue weighted by Crippen LogP contribution is -2.47. The average molecular weight is 277 g/mol. The fourth-order valence-electron chi connectivity index (χ4n) is 3.06. The van der Waals surface area contributed by atoms with Gasteiger partial charge in [0, 0.05) is 13.0 Å². The molecule has 2 heterocycles. The van der Waals surface area contributed by atoms with Gasteiger partial charge < -0.3 is 9.64 Å². The minimum atomic E-state index is 0.301. The summed E-state index contributed by atoms with van der Waals surface area (Å²) in [5.74, 6) is 2.69. The predicted octanol–water partition coefficient (Wildman–Crippen LogP) is 2.86. The van der Waals surface area contributed by atoms with Crippen LogP contribution < -0.4 is 4.74 Å². The van der Waals surface area contributed by atoms with Gasteiger partial charge in [-0.3, -0.25) is 4.79 Å². The molecular weight excluding hydrogens is 258 g/mol. The number of carbonyl (C=O) groups excluding carboxylic acids is 1. The summed E-state index contributed by atoms with van der Waals surface area (Å²) in [5, 5.41) is 0.366. The van der Waals surface area contributed by atoms with Gasteiger partial charge in [-0.25, -0.2) is 0 Å². The Labute approximate surface area is 118 Å². The number of fused-ring (bicyclic) bond motifs is 1. The first-order valence-electron chi connectivity index (χ1n) is 6.83. The van der Waals surface area contributed by atoms with Crippen LogP contribution in [0.3, 0.4) is 0 Å². The molecule has 1 aromatic rings. The van der Waals surface area contributed by atoms with Crippen molar-refractivity contribution in [3.05, 3.63) is 29.8 Å². The molecular formula is C15H19NO2S. The molecule has 1 aromatic carbocycles. The van der Waals surface area contributed by atoms with Gasteiger partial charge in [-0.1, -0.05) is 18.2 Å². The summed E-state index contributed by atoms with van der Waals surface area (Å²) in [6, 6.07) is 8.09. The molecule has 3 nitrogen and oxygen atoms in total. The SMILES string of the molecule is COc1ccccc1[C@@H]1CC(=O)N2CCCS[C@@H]2C1. The summed E-state index contributed by atoms with van der Waals surface area (Å²) in [5.41, 5.74) is 1.18. The normalized spacial score (nSPS) is 27.0. The number of rotatable bonds is 2. The van der Waals surface area contributed by atoms with Crippen LogP contribution in [0.15, 0.2) is 24.3 Å². The summed E-state index contributed by atoms with van der Waals surface area (Å²) in [6.45, 7) is 0.940. The molecule has 0 spiro atoms. The van der Waals surface area contributed by atoms with Crippen molar-refractivity contribution in [3.63, 3.8) is 0 Å². The lowest BCUT2D eigenvalue weighted by Gasteiger charge is -2.42. The zero-order valence-electron chi connectivity index (χ0n) is 11.2. The summed E-state index contributed by atoms with van der Waals surface area (Å²) < 4.78 is 5.44. The molecule has 0 aromatic heterocycles. The highest BCUT2D eigenvalue weighted by Crippen LogP contribution is 2.41. The van der Waals surface area contributed by atoms with E-state index < -0.39 is 0 Å². The first-order valence-corrected chi connectivity index (χ1v) is 7.88. The standard InChI is InChI=1S/C15H19NO2S/c1-18-13-6-3-2-5-12(13)11-9-14(17)16-7-4-8-19-15(16)10-11/h2-3,5-6,11,15H,4,7-10H2,1H3/t11-,15-/m1/s1. The lowest BCUT2D eigenvalue weighted by atomic mass is 9.88. The molecule has 0 aliphatic carbocycles. The molecule has 4 heteroatoms. The molecule has 3 rings (SSSR count). The van der Waals surface area contributed by atoms with Gasteiger partial charge in [0.25, 0.3) is 0 Å². The second-order valence-corrected chi connectivity index (χ2v) is 6.43. The Hall–Kier alpha value is -1.16. The molecule has 1 amide bonds. The Morgan fingerprint density at radius 2 is 2.21 bits per heavy atom. The Bertz CT molecular complexity index is 477. The molecule has 19 heavy (non-hydrogen) atoms. The predicted molar refractivity (Wildman–Crippen MR) is 77.5 cm³/mol. The number of hydrogen-bond acceptors (Lipinski definition) is 3. The van der Waals surface area contributed by atoms with E-state index in [0.29, 0.717) is 23.6 Å². The first kappa shape index (κ1) is 12.9. The third kappa shape index (κ3) is 2.46. The third-order valence-electron chi connectivity index (χ3n) is 4.01. The van der Waals surface area contributed by atoms with Crippen molar-refractivity contribution < 1.29 is 9.53 Å². The molecule has 2 fully saturated rings. The number of thioether (sulfide) groups is 1. The topological polar surface area (TPSA) is 29.5 Å². The second-order valence-electron chi connectivity index (χ2n) is 5.14. The maximum atomic E-state index is 12.3. The molecule has 2 aliphatic rings. The van der Waals surface area contributed by atoms with Crippen LogP contribution in [0.1, 0.15) is 30.7 Å². The molecule has 0 unspecified atom stereocenters. The van der Waals surface area contributed by atoms with Crippen LogP contribution in [0, 0.1) is 0 Å². The van der Waals surface area contributed by atoms with Crippen molar-refractivity contribution in [2.45, 2.75) is 30.6 Å². The summed E-state index contributed by atoms with van der Waals surface area (Å²) in [4.78, 5) is 14.4. The van der Waals surface area contributed by atoms with Crippen LogP contribution in [0.2, 0.25) is 0 Å². The van der Waals surface area contributed by atoms with Gasteiger partial charge >= 0.3 is 0 Å². The second kappa shape index (κ2) is 5.45. The van der Waals surface area contributed by atoms with Gasteiger partial charge in [-0.15, -0.1) is 11.8 Å². The van der Waals surface area contributed by atoms with Crippen molar-refractivity contribution >= 4 is 17.7 Å². The van der Waals surface area contributed by atoms with Crippen molar-refractivity contribution in [3.8, 4) is 5.75 Å². The Morgan fingerprint density at radius 1 is 1.37 bits per heavy atom. The monoisotopic (exact) mass is 277 g/mol. The van der Waals surface area contributed by atoms with Gasteiger partial charge in [0.05, 0.1) is 12.5 Å². The summed E-state index contributed by atoms with van der Waals surface area (Å²) in [7, 11) is 1.70. The number of amides is 1. The molecule has 102 valence electrons. The number of methoxy groups -OCH3 is 1. The summed E-state index contributed by atoms with van der Waals surface area (Å²) in [6.07, 6.45) is 2.81. The van der Waals surface area contributed by atoms with Gasteiger partial charge in [0.1, 0.15) is 5.75 Å². The van der Waals surface area contributed by atoms with E-state index in [0.717, 1.165) is 25.1 Å². The van der Waals surface area contributed by atoms with E-state index in [-0.39, 0.29) is 0 Å². The number of benzene rings is 1. The van der Waals surface area contributed by atoms with E-state index in [1.807, 2.05) is 30.0 Å². The average Bonchev–Trinajstić information content (AvgIpc) is 2.47. The fourth-order valence-corrected chi connectivity index (χ4v) is 4.40. The van der Waals surface area contributed by atoms with Crippen molar-refractivity contribution in [2.24, 2.45) is 0 Å². The van der Waals surface area contributed by atoms with Crippen LogP contribution in [0.5, 0.6) is 5.75 Å². The van der Waals surface area contributed by atoms with E-state index in [1.54, 1.807) is 7.11 Å². The van der Waals surface area contributed by atoms with Crippen LogP contribution in [-0.2, 0) is 4.79 Å². The molecule has 0 saturated carbocycles. The van der Waals surface area contributed by atoms with Crippen LogP contribution in [0.4, 0.5) is 0 Å². The quantitative estimate of drug-likeness (QED) is 0.832. The molecule has 0 N–H and O–H groups in total. The molecule has 2 atom stereocenters. The van der Waals surface area contributed by atoms with E-state index in [9.17, 15) is 4.79 Å². The van der Waals surface area contributed by atoms with E-state index in [4.69, 9.17) is 4.74 Å². The molecule has 0 bridgehead atoms. The van der Waals surface area contributed by atoms with E-state index in [2.05, 4.69) is 11.0 Å². The zero-order chi connectivity index (χ0) is 13.2. The molecule has 2 saturated heterocycles. The van der Waals surface area contributed by atoms with Gasteiger partial charge in [-0.2, -0.15) is 0 Å². The molecule has 2 aliphatic heterocycles. The number of ether oxygens (including phenoxy) is 1. The highest BCUT2D eigenvalue weighted by molar-refractivity contribution is 7.99. The van der Waals surface area contributed by atoms with Gasteiger partial charge in [0.2, 0.25) is 5.91 Å². The van der Waals surface area contributed by atoms with Crippen LogP contribution in [-0.4, -0.2) is 35.6 Å². The lowest BCUT2D eigenvalue weighted by molar-refractivity contribution is -0.135. The number of hydrogen-bond donors (Lipinski definition) is 0. The smallest absolute Gasteiger partial charge is 0.224 e. The van der Waals surface area contributed by atoms with Gasteiger partial charge in [0.15, 0.2) is 0 Å². The first-order chi connectivity index (χ1) is 9.29. The van der Waals surface area contributed by atoms with E-state index >= 15 is 0 Å². The number of carbonyl (C=O) groups is 1. The zero-order valence-corrected chi connectivity index (χ0v) is 12.0. The van der Waals surface area contributed by atoms with Crippen molar-refractivity contribution in [2.75, 3.05) is 19.4 Å². The minimum absolute atomic E-state index is 0.301. The largest absolute Gasteiger partial charge is 0.496 e. The Morgan fingerprint density at radius 3 is 3.05 bits per heavy atom. The van der Waals surface area contributed by atoms with E-state index in [1.165, 1.54) is 11.3 Å². The maximum Gasteiger partial charge on any atom is 0.224 e. The van der Waals surface area contributed by atoms with Crippen molar-refractivity contribution in [1.29, 1.82) is 0 Å². The van der Waals surface area contributed by atoms with Crippen LogP contribution >= 0.6 is 11.8 Å². The number of para-hydroxylation sites is 1. The molecule has 0 radical (unpaired) electrons. The maximum absolute atomic E-state index is 12.3. The Kier molecular flexibility index (Phi) is 3.69. The van der Waals surface area contributed by atoms with Crippen LogP contribution in [0.25, 0.3) is 0 Å². The Balaban J connectivity index is 1.84. The van der Waals surface area contributed by atoms with Crippen molar-refractivity contribution in [1.82, 2.24) is 4.90 Å². The van der Waals surface area contributed by atoms with Gasteiger partial charge in [-0.05, 0) is 36.1 Å². The fraction of sp³-hybridized carbons (Fsp3) is 0.533. The highest BCUT2D eigenvalue weighted by atomic mass is 32.2. The highest BCUT2D eigenvalue weighted by Gasteiger charge is 2.36. The summed E-state index contributed by atoms with van der Waals surface area (Å²) >= 11 is 1.93.